The number of allylic oxidation sites excluding steroid dienone is 1. The van der Waals surface area contributed by atoms with Crippen molar-refractivity contribution in [3.8, 4) is 0 Å². The number of nitrogens with one attached hydrogen (secondary N) is 1. The maximum atomic E-state index is 13.2. The largest absolute Gasteiger partial charge is 0.466 e. The molecule has 1 aliphatic heterocycles. The molecular weight excluding hydrogens is 496 g/mol. The molecule has 0 unspecified atom stereocenters. The van der Waals surface area contributed by atoms with Crippen LogP contribution in [0.15, 0.2) is 72.1 Å². The molecule has 0 saturated heterocycles. The topological polar surface area (TPSA) is 86.3 Å². The number of dihydropyridines is 1. The maximum absolute atomic E-state index is 13.2. The van der Waals surface area contributed by atoms with Gasteiger partial charge < -0.3 is 24.3 Å². The Morgan fingerprint density at radius 2 is 1.73 bits per heavy atom. The highest BCUT2D eigenvalue weighted by atomic mass is 35.5. The van der Waals surface area contributed by atoms with Crippen molar-refractivity contribution in [1.82, 2.24) is 10.2 Å². The molecule has 0 aromatic heterocycles. The van der Waals surface area contributed by atoms with Crippen molar-refractivity contribution in [2.45, 2.75) is 19.8 Å². The number of hydrogen-bond acceptors (Lipinski definition) is 8. The van der Waals surface area contributed by atoms with Gasteiger partial charge in [0.1, 0.15) is 0 Å². The maximum Gasteiger partial charge on any atom is 0.336 e. The Labute approximate surface area is 224 Å². The van der Waals surface area contributed by atoms with Crippen LogP contribution in [0.1, 0.15) is 25.3 Å². The van der Waals surface area contributed by atoms with Gasteiger partial charge >= 0.3 is 11.9 Å². The molecule has 0 aliphatic carbocycles. The summed E-state index contributed by atoms with van der Waals surface area (Å²) in [5.74, 6) is -1.91. The Morgan fingerprint density at radius 3 is 2.35 bits per heavy atom. The quantitative estimate of drug-likeness (QED) is 0.194. The first-order chi connectivity index (χ1) is 17.9. The fourth-order valence-electron chi connectivity index (χ4n) is 4.07. The summed E-state index contributed by atoms with van der Waals surface area (Å²) in [5.41, 5.74) is 2.18. The molecule has 1 atom stereocenters. The molecule has 0 spiro atoms. The van der Waals surface area contributed by atoms with Crippen molar-refractivity contribution in [3.05, 3.63) is 82.7 Å². The average Bonchev–Trinajstić information content (AvgIpc) is 2.88. The fraction of sp³-hybridized carbons (Fsp3) is 0.429. The van der Waals surface area contributed by atoms with E-state index < -0.39 is 17.9 Å². The molecule has 0 saturated carbocycles. The Morgan fingerprint density at radius 1 is 1.05 bits per heavy atom. The van der Waals surface area contributed by atoms with Gasteiger partial charge in [0.25, 0.3) is 0 Å². The van der Waals surface area contributed by atoms with Crippen LogP contribution in [0.3, 0.4) is 0 Å². The van der Waals surface area contributed by atoms with Crippen LogP contribution >= 0.6 is 11.6 Å². The Hall–Kier alpha value is -2.91. The van der Waals surface area contributed by atoms with E-state index in [2.05, 4.69) is 23.4 Å². The highest BCUT2D eigenvalue weighted by molar-refractivity contribution is 6.31. The summed E-state index contributed by atoms with van der Waals surface area (Å²) < 4.78 is 22.0. The van der Waals surface area contributed by atoms with Crippen LogP contribution in [0.4, 0.5) is 0 Å². The second-order valence-electron chi connectivity index (χ2n) is 8.22. The zero-order valence-electron chi connectivity index (χ0n) is 21.9. The van der Waals surface area contributed by atoms with Gasteiger partial charge in [-0.05, 0) is 25.5 Å². The third kappa shape index (κ3) is 8.57. The standard InChI is InChI=1S/C28H37ClN2O6/c1-6-13-31(14-7-2)15-16-35-17-18-36-19-23-26(28(33)37-8-3)25(21-11-9-10-12-22(21)29)24(20(4)30-23)27(32)34-5/h6-7,9-12,25,30H,1-2,8,13-19H2,3-5H3/t25-/m1/s1. The van der Waals surface area contributed by atoms with Crippen molar-refractivity contribution < 1.29 is 28.5 Å². The summed E-state index contributed by atoms with van der Waals surface area (Å²) in [6.45, 7) is 14.8. The molecule has 2 rings (SSSR count). The Kier molecular flexibility index (Phi) is 13.1. The van der Waals surface area contributed by atoms with Crippen LogP contribution in [0.2, 0.25) is 5.02 Å². The van der Waals surface area contributed by atoms with E-state index in [0.717, 1.165) is 19.6 Å². The minimum absolute atomic E-state index is 0.0866. The lowest BCUT2D eigenvalue weighted by molar-refractivity contribution is -0.139. The number of rotatable bonds is 16. The number of ether oxygens (including phenoxy) is 4. The van der Waals surface area contributed by atoms with Crippen LogP contribution in [0.25, 0.3) is 0 Å². The summed E-state index contributed by atoms with van der Waals surface area (Å²) in [6.07, 6.45) is 3.69. The van der Waals surface area contributed by atoms with Gasteiger partial charge in [0, 0.05) is 30.4 Å². The molecule has 0 radical (unpaired) electrons. The van der Waals surface area contributed by atoms with Gasteiger partial charge in [-0.15, -0.1) is 13.2 Å². The third-order valence-electron chi connectivity index (χ3n) is 5.71. The lowest BCUT2D eigenvalue weighted by atomic mass is 9.80. The minimum Gasteiger partial charge on any atom is -0.466 e. The molecule has 1 aromatic carbocycles. The molecular formula is C28H37ClN2O6. The van der Waals surface area contributed by atoms with E-state index in [0.29, 0.717) is 41.8 Å². The number of carbonyl (C=O) groups excluding carboxylic acids is 2. The SMILES string of the molecule is C=CCN(CC=C)CCOCCOCC1=C(C(=O)OCC)[C@H](c2ccccc2Cl)C(C(=O)OC)=C(C)N1. The molecule has 1 N–H and O–H groups in total. The van der Waals surface area contributed by atoms with Crippen molar-refractivity contribution in [3.63, 3.8) is 0 Å². The van der Waals surface area contributed by atoms with Crippen LogP contribution in [-0.4, -0.2) is 76.6 Å². The summed E-state index contributed by atoms with van der Waals surface area (Å²) in [4.78, 5) is 28.1. The summed E-state index contributed by atoms with van der Waals surface area (Å²) in [6, 6.07) is 7.08. The first-order valence-electron chi connectivity index (χ1n) is 12.2. The van der Waals surface area contributed by atoms with Crippen molar-refractivity contribution in [2.24, 2.45) is 0 Å². The number of carbonyl (C=O) groups is 2. The number of nitrogens with zero attached hydrogens (tertiary/aromatic N) is 1. The van der Waals surface area contributed by atoms with Gasteiger partial charge in [0.05, 0.1) is 62.9 Å². The highest BCUT2D eigenvalue weighted by Crippen LogP contribution is 2.41. The molecule has 8 nitrogen and oxygen atoms in total. The van der Waals surface area contributed by atoms with Gasteiger partial charge in [-0.25, -0.2) is 9.59 Å². The van der Waals surface area contributed by atoms with E-state index in [1.165, 1.54) is 7.11 Å². The predicted octanol–water partition coefficient (Wildman–Crippen LogP) is 4.00. The van der Waals surface area contributed by atoms with Crippen LogP contribution < -0.4 is 5.32 Å². The molecule has 37 heavy (non-hydrogen) atoms. The fourth-order valence-corrected chi connectivity index (χ4v) is 4.32. The smallest absolute Gasteiger partial charge is 0.336 e. The van der Waals surface area contributed by atoms with E-state index in [-0.39, 0.29) is 24.4 Å². The van der Waals surface area contributed by atoms with Crippen LogP contribution in [0.5, 0.6) is 0 Å². The molecule has 9 heteroatoms. The van der Waals surface area contributed by atoms with E-state index in [9.17, 15) is 9.59 Å². The molecule has 1 heterocycles. The minimum atomic E-state index is -0.781. The molecule has 1 aromatic rings. The average molecular weight is 533 g/mol. The van der Waals surface area contributed by atoms with Crippen LogP contribution in [0, 0.1) is 0 Å². The number of halogens is 1. The van der Waals surface area contributed by atoms with Gasteiger partial charge in [0.15, 0.2) is 0 Å². The molecule has 1 aliphatic rings. The van der Waals surface area contributed by atoms with Gasteiger partial charge in [-0.3, -0.25) is 4.90 Å². The third-order valence-corrected chi connectivity index (χ3v) is 6.05. The zero-order valence-corrected chi connectivity index (χ0v) is 22.6. The van der Waals surface area contributed by atoms with E-state index in [1.807, 2.05) is 12.2 Å². The highest BCUT2D eigenvalue weighted by Gasteiger charge is 2.39. The zero-order chi connectivity index (χ0) is 27.2. The van der Waals surface area contributed by atoms with E-state index in [1.54, 1.807) is 38.1 Å². The van der Waals surface area contributed by atoms with Crippen molar-refractivity contribution in [2.75, 3.05) is 59.8 Å². The molecule has 0 amide bonds. The van der Waals surface area contributed by atoms with Gasteiger partial charge in [0.2, 0.25) is 0 Å². The van der Waals surface area contributed by atoms with Crippen molar-refractivity contribution in [1.29, 1.82) is 0 Å². The molecule has 0 fully saturated rings. The van der Waals surface area contributed by atoms with E-state index >= 15 is 0 Å². The lowest BCUT2D eigenvalue weighted by Gasteiger charge is -2.31. The van der Waals surface area contributed by atoms with Gasteiger partial charge in [-0.1, -0.05) is 42.0 Å². The van der Waals surface area contributed by atoms with Crippen molar-refractivity contribution >= 4 is 23.5 Å². The normalized spacial score (nSPS) is 15.4. The molecule has 202 valence electrons. The molecule has 0 bridgehead atoms. The van der Waals surface area contributed by atoms with Crippen LogP contribution in [-0.2, 0) is 28.5 Å². The first kappa shape index (κ1) is 30.3. The Balaban J connectivity index is 2.20. The van der Waals surface area contributed by atoms with E-state index in [4.69, 9.17) is 30.5 Å². The summed E-state index contributed by atoms with van der Waals surface area (Å²) in [5, 5.41) is 3.58. The number of benzene rings is 1. The summed E-state index contributed by atoms with van der Waals surface area (Å²) in [7, 11) is 1.30. The predicted molar refractivity (Wildman–Crippen MR) is 144 cm³/mol. The number of esters is 2. The van der Waals surface area contributed by atoms with Gasteiger partial charge in [-0.2, -0.15) is 0 Å². The second kappa shape index (κ2) is 16.0. The number of hydrogen-bond donors (Lipinski definition) is 1. The Bertz CT molecular complexity index is 1010. The lowest BCUT2D eigenvalue weighted by Crippen LogP contribution is -2.35. The summed E-state index contributed by atoms with van der Waals surface area (Å²) >= 11 is 6.52. The first-order valence-corrected chi connectivity index (χ1v) is 12.6. The second-order valence-corrected chi connectivity index (χ2v) is 8.63. The number of methoxy groups -OCH3 is 1. The monoisotopic (exact) mass is 532 g/mol.